The quantitative estimate of drug-likeness (QED) is 0.891. The fourth-order valence-corrected chi connectivity index (χ4v) is 3.38. The lowest BCUT2D eigenvalue weighted by molar-refractivity contribution is -0.129. The summed E-state index contributed by atoms with van der Waals surface area (Å²) in [4.78, 5) is 13.5. The van der Waals surface area contributed by atoms with E-state index < -0.39 is 11.6 Å². The van der Waals surface area contributed by atoms with Crippen LogP contribution in [0.3, 0.4) is 0 Å². The maximum atomic E-state index is 11.3. The molecular formula is C17H25ClN2O2. The van der Waals surface area contributed by atoms with Gasteiger partial charge in [0.2, 0.25) is 0 Å². The topological polar surface area (TPSA) is 66.6 Å². The summed E-state index contributed by atoms with van der Waals surface area (Å²) >= 11 is 5.94. The van der Waals surface area contributed by atoms with Gasteiger partial charge in [-0.3, -0.25) is 4.79 Å². The molecular weight excluding hydrogens is 300 g/mol. The van der Waals surface area contributed by atoms with Gasteiger partial charge in [0, 0.05) is 30.1 Å². The van der Waals surface area contributed by atoms with Crippen molar-refractivity contribution in [3.63, 3.8) is 0 Å². The number of carbonyl (C=O) groups is 1. The molecule has 0 aromatic heterocycles. The Bertz CT molecular complexity index is 544. The van der Waals surface area contributed by atoms with Gasteiger partial charge in [-0.25, -0.2) is 0 Å². The van der Waals surface area contributed by atoms with Gasteiger partial charge in [0.15, 0.2) is 0 Å². The Hall–Kier alpha value is -0.940. The molecule has 1 aliphatic rings. The first-order valence-corrected chi connectivity index (χ1v) is 8.00. The average molecular weight is 325 g/mol. The smallest absolute Gasteiger partial charge is 0.147 e. The van der Waals surface area contributed by atoms with Crippen molar-refractivity contribution in [2.24, 2.45) is 11.1 Å². The Labute approximate surface area is 137 Å². The standard InChI is InChI=1S/C17H25ClN2O2/c1-12(21)15(19)10-20-9-8-17(22,16(2,3)11-20)13-4-6-14(18)7-5-13/h4-7,15,22H,8-11,19H2,1-3H3/t15-,17+/m1/s1. The first-order valence-electron chi connectivity index (χ1n) is 7.62. The Morgan fingerprint density at radius 3 is 2.50 bits per heavy atom. The van der Waals surface area contributed by atoms with Crippen LogP contribution in [0.4, 0.5) is 0 Å². The number of Topliss-reactive ketones (excluding diaryl/α,β-unsaturated/α-hetero) is 1. The molecule has 5 heteroatoms. The highest BCUT2D eigenvalue weighted by molar-refractivity contribution is 6.30. The lowest BCUT2D eigenvalue weighted by Crippen LogP contribution is -2.57. The van der Waals surface area contributed by atoms with Crippen LogP contribution < -0.4 is 5.73 Å². The van der Waals surface area contributed by atoms with Crippen molar-refractivity contribution < 1.29 is 9.90 Å². The molecule has 4 nitrogen and oxygen atoms in total. The van der Waals surface area contributed by atoms with Crippen LogP contribution in [0.2, 0.25) is 5.02 Å². The van der Waals surface area contributed by atoms with Gasteiger partial charge in [-0.15, -0.1) is 0 Å². The van der Waals surface area contributed by atoms with Gasteiger partial charge in [-0.05, 0) is 31.0 Å². The van der Waals surface area contributed by atoms with Gasteiger partial charge in [-0.1, -0.05) is 37.6 Å². The van der Waals surface area contributed by atoms with Crippen molar-refractivity contribution in [2.75, 3.05) is 19.6 Å². The van der Waals surface area contributed by atoms with E-state index in [9.17, 15) is 9.90 Å². The molecule has 2 rings (SSSR count). The summed E-state index contributed by atoms with van der Waals surface area (Å²) in [5, 5.41) is 11.9. The Kier molecular flexibility index (Phi) is 4.97. The number of nitrogens with zero attached hydrogens (tertiary/aromatic N) is 1. The molecule has 1 saturated heterocycles. The van der Waals surface area contributed by atoms with Crippen LogP contribution >= 0.6 is 11.6 Å². The number of hydrogen-bond acceptors (Lipinski definition) is 4. The molecule has 2 atom stereocenters. The zero-order chi connectivity index (χ0) is 16.5. The monoisotopic (exact) mass is 324 g/mol. The summed E-state index contributed by atoms with van der Waals surface area (Å²) in [6.07, 6.45) is 0.603. The summed E-state index contributed by atoms with van der Waals surface area (Å²) in [6.45, 7) is 7.55. The molecule has 0 amide bonds. The summed E-state index contributed by atoms with van der Waals surface area (Å²) in [5.74, 6) is -0.00339. The van der Waals surface area contributed by atoms with Gasteiger partial charge >= 0.3 is 0 Å². The highest BCUT2D eigenvalue weighted by Gasteiger charge is 2.48. The molecule has 0 bridgehead atoms. The summed E-state index contributed by atoms with van der Waals surface area (Å²) in [6, 6.07) is 6.94. The van der Waals surface area contributed by atoms with Crippen molar-refractivity contribution >= 4 is 17.4 Å². The van der Waals surface area contributed by atoms with Crippen LogP contribution in [0.1, 0.15) is 32.8 Å². The maximum absolute atomic E-state index is 11.3. The minimum absolute atomic E-state index is 0.00339. The van der Waals surface area contributed by atoms with Crippen molar-refractivity contribution in [1.29, 1.82) is 0 Å². The van der Waals surface area contributed by atoms with Gasteiger partial charge < -0.3 is 15.7 Å². The number of benzene rings is 1. The van der Waals surface area contributed by atoms with E-state index >= 15 is 0 Å². The van der Waals surface area contributed by atoms with Crippen molar-refractivity contribution in [3.05, 3.63) is 34.9 Å². The Morgan fingerprint density at radius 2 is 2.00 bits per heavy atom. The third-order valence-electron chi connectivity index (χ3n) is 4.83. The van der Waals surface area contributed by atoms with Gasteiger partial charge in [0.05, 0.1) is 11.6 Å². The SMILES string of the molecule is CC(=O)[C@H](N)CN1CC[C@](O)(c2ccc(Cl)cc2)C(C)(C)C1. The predicted octanol–water partition coefficient (Wildman–Crippen LogP) is 2.18. The molecule has 0 saturated carbocycles. The normalized spacial score (nSPS) is 26.6. The highest BCUT2D eigenvalue weighted by Crippen LogP contribution is 2.46. The third kappa shape index (κ3) is 3.35. The number of rotatable bonds is 4. The Morgan fingerprint density at radius 1 is 1.41 bits per heavy atom. The van der Waals surface area contributed by atoms with Crippen LogP contribution in [0.15, 0.2) is 24.3 Å². The largest absolute Gasteiger partial charge is 0.385 e. The van der Waals surface area contributed by atoms with Gasteiger partial charge in [0.25, 0.3) is 0 Å². The third-order valence-corrected chi connectivity index (χ3v) is 5.08. The fourth-order valence-electron chi connectivity index (χ4n) is 3.25. The van der Waals surface area contributed by atoms with Crippen LogP contribution in [0.5, 0.6) is 0 Å². The highest BCUT2D eigenvalue weighted by atomic mass is 35.5. The fraction of sp³-hybridized carbons (Fsp3) is 0.588. The zero-order valence-electron chi connectivity index (χ0n) is 13.5. The molecule has 22 heavy (non-hydrogen) atoms. The van der Waals surface area contributed by atoms with Crippen molar-refractivity contribution in [3.8, 4) is 0 Å². The van der Waals surface area contributed by atoms with Gasteiger partial charge in [-0.2, -0.15) is 0 Å². The summed E-state index contributed by atoms with van der Waals surface area (Å²) in [5.41, 5.74) is 5.49. The first-order chi connectivity index (χ1) is 10.2. The average Bonchev–Trinajstić information content (AvgIpc) is 2.43. The number of carbonyl (C=O) groups excluding carboxylic acids is 1. The van der Waals surface area contributed by atoms with E-state index in [4.69, 9.17) is 17.3 Å². The molecule has 0 radical (unpaired) electrons. The second-order valence-electron chi connectivity index (χ2n) is 6.95. The van der Waals surface area contributed by atoms with E-state index in [1.54, 1.807) is 0 Å². The van der Waals surface area contributed by atoms with E-state index in [1.807, 2.05) is 38.1 Å². The Balaban J connectivity index is 2.17. The van der Waals surface area contributed by atoms with E-state index in [0.717, 1.165) is 5.56 Å². The second kappa shape index (κ2) is 6.28. The molecule has 1 fully saturated rings. The molecule has 3 N–H and O–H groups in total. The first kappa shape index (κ1) is 17.4. The number of aliphatic hydroxyl groups is 1. The van der Waals surface area contributed by atoms with Crippen LogP contribution in [-0.2, 0) is 10.4 Å². The molecule has 1 heterocycles. The molecule has 1 aromatic rings. The number of ketones is 1. The summed E-state index contributed by atoms with van der Waals surface area (Å²) < 4.78 is 0. The summed E-state index contributed by atoms with van der Waals surface area (Å²) in [7, 11) is 0. The molecule has 0 aliphatic carbocycles. The zero-order valence-corrected chi connectivity index (χ0v) is 14.2. The number of likely N-dealkylation sites (tertiary alicyclic amines) is 1. The number of hydrogen-bond donors (Lipinski definition) is 2. The maximum Gasteiger partial charge on any atom is 0.147 e. The number of nitrogens with two attached hydrogens (primary N) is 1. The number of halogens is 1. The molecule has 1 aromatic carbocycles. The van der Waals surface area contributed by atoms with E-state index in [1.165, 1.54) is 6.92 Å². The molecule has 122 valence electrons. The molecule has 0 spiro atoms. The number of piperidine rings is 1. The van der Waals surface area contributed by atoms with E-state index in [0.29, 0.717) is 31.1 Å². The van der Waals surface area contributed by atoms with Crippen LogP contribution in [0.25, 0.3) is 0 Å². The van der Waals surface area contributed by atoms with Crippen LogP contribution in [0, 0.1) is 5.41 Å². The minimum Gasteiger partial charge on any atom is -0.385 e. The van der Waals surface area contributed by atoms with Crippen molar-refractivity contribution in [2.45, 2.75) is 38.8 Å². The lowest BCUT2D eigenvalue weighted by Gasteiger charge is -2.51. The minimum atomic E-state index is -0.908. The van der Waals surface area contributed by atoms with Gasteiger partial charge in [0.1, 0.15) is 5.78 Å². The molecule has 0 unspecified atom stereocenters. The van der Waals surface area contributed by atoms with Crippen molar-refractivity contribution in [1.82, 2.24) is 4.90 Å². The lowest BCUT2D eigenvalue weighted by atomic mass is 9.66. The van der Waals surface area contributed by atoms with E-state index in [2.05, 4.69) is 4.90 Å². The van der Waals surface area contributed by atoms with Crippen LogP contribution in [-0.4, -0.2) is 41.5 Å². The predicted molar refractivity (Wildman–Crippen MR) is 88.8 cm³/mol. The second-order valence-corrected chi connectivity index (χ2v) is 7.39. The van der Waals surface area contributed by atoms with E-state index in [-0.39, 0.29) is 11.2 Å². The molecule has 1 aliphatic heterocycles.